The Bertz CT molecular complexity index is 375. The van der Waals surface area contributed by atoms with Gasteiger partial charge in [0.15, 0.2) is 0 Å². The molecule has 0 aromatic heterocycles. The van der Waals surface area contributed by atoms with Crippen LogP contribution in [0.25, 0.3) is 0 Å². The molecule has 0 saturated heterocycles. The largest absolute Gasteiger partial charge is 0.447 e. The van der Waals surface area contributed by atoms with Crippen LogP contribution in [0.5, 0.6) is 0 Å². The van der Waals surface area contributed by atoms with E-state index >= 15 is 0 Å². The molecule has 0 aliphatic rings. The molecule has 106 valence electrons. The van der Waals surface area contributed by atoms with Crippen molar-refractivity contribution in [3.05, 3.63) is 29.8 Å². The summed E-state index contributed by atoms with van der Waals surface area (Å²) < 4.78 is 0. The van der Waals surface area contributed by atoms with Gasteiger partial charge in [0.25, 0.3) is 0 Å². The lowest BCUT2D eigenvalue weighted by Crippen LogP contribution is -2.26. The van der Waals surface area contributed by atoms with Gasteiger partial charge in [0.1, 0.15) is 0 Å². The van der Waals surface area contributed by atoms with Gasteiger partial charge in [-0.2, -0.15) is 0 Å². The SMILES string of the molecule is CB(O)c1cccc(CCSSCCC(C)(C)C)c1. The zero-order valence-electron chi connectivity index (χ0n) is 12.5. The van der Waals surface area contributed by atoms with E-state index in [4.69, 9.17) is 0 Å². The van der Waals surface area contributed by atoms with Crippen molar-refractivity contribution in [1.29, 1.82) is 0 Å². The van der Waals surface area contributed by atoms with Crippen molar-refractivity contribution in [2.24, 2.45) is 5.41 Å². The molecular formula is C15H25BOS2. The first kappa shape index (κ1) is 17.0. The molecule has 0 aliphatic carbocycles. The highest BCUT2D eigenvalue weighted by molar-refractivity contribution is 8.76. The minimum absolute atomic E-state index is 0.367. The first-order valence-electron chi connectivity index (χ1n) is 6.90. The van der Waals surface area contributed by atoms with Crippen LogP contribution in [0.2, 0.25) is 6.82 Å². The van der Waals surface area contributed by atoms with Crippen LogP contribution < -0.4 is 5.46 Å². The number of hydrogen-bond donors (Lipinski definition) is 1. The molecule has 0 aliphatic heterocycles. The Balaban J connectivity index is 2.21. The smallest absolute Gasteiger partial charge is 0.320 e. The van der Waals surface area contributed by atoms with Crippen molar-refractivity contribution < 1.29 is 5.02 Å². The van der Waals surface area contributed by atoms with Gasteiger partial charge in [-0.25, -0.2) is 0 Å². The maximum atomic E-state index is 9.56. The number of rotatable bonds is 7. The van der Waals surface area contributed by atoms with E-state index in [1.54, 1.807) is 0 Å². The van der Waals surface area contributed by atoms with Crippen molar-refractivity contribution >= 4 is 34.0 Å². The molecule has 0 unspecified atom stereocenters. The molecule has 1 rings (SSSR count). The maximum absolute atomic E-state index is 9.56. The van der Waals surface area contributed by atoms with Crippen LogP contribution in [0.4, 0.5) is 0 Å². The Labute approximate surface area is 126 Å². The third-order valence-electron chi connectivity index (χ3n) is 2.93. The second-order valence-corrected chi connectivity index (χ2v) is 8.83. The van der Waals surface area contributed by atoms with Crippen LogP contribution in [-0.4, -0.2) is 23.4 Å². The molecule has 0 fully saturated rings. The number of aryl methyl sites for hydroxylation is 1. The van der Waals surface area contributed by atoms with Gasteiger partial charge < -0.3 is 5.02 Å². The second-order valence-electron chi connectivity index (χ2n) is 6.13. The lowest BCUT2D eigenvalue weighted by molar-refractivity contribution is 0.402. The monoisotopic (exact) mass is 296 g/mol. The summed E-state index contributed by atoms with van der Waals surface area (Å²) in [5, 5.41) is 9.56. The molecule has 4 heteroatoms. The predicted octanol–water partition coefficient (Wildman–Crippen LogP) is 3.87. The highest BCUT2D eigenvalue weighted by atomic mass is 33.1. The van der Waals surface area contributed by atoms with E-state index in [-0.39, 0.29) is 6.92 Å². The average molecular weight is 296 g/mol. The fraction of sp³-hybridized carbons (Fsp3) is 0.600. The fourth-order valence-electron chi connectivity index (χ4n) is 1.63. The first-order chi connectivity index (χ1) is 8.88. The van der Waals surface area contributed by atoms with E-state index in [1.807, 2.05) is 40.5 Å². The summed E-state index contributed by atoms with van der Waals surface area (Å²) in [6, 6.07) is 8.28. The minimum Gasteiger partial charge on any atom is -0.447 e. The molecule has 0 radical (unpaired) electrons. The van der Waals surface area contributed by atoms with Crippen molar-refractivity contribution in [3.63, 3.8) is 0 Å². The molecular weight excluding hydrogens is 271 g/mol. The number of hydrogen-bond acceptors (Lipinski definition) is 3. The van der Waals surface area contributed by atoms with Gasteiger partial charge in [0.2, 0.25) is 0 Å². The molecule has 0 bridgehead atoms. The molecule has 1 aromatic rings. The summed E-state index contributed by atoms with van der Waals surface area (Å²) in [6.45, 7) is 8.32. The highest BCUT2D eigenvalue weighted by Crippen LogP contribution is 2.28. The molecule has 1 nitrogen and oxygen atoms in total. The Hall–Kier alpha value is -0.0551. The van der Waals surface area contributed by atoms with E-state index in [9.17, 15) is 5.02 Å². The molecule has 0 atom stereocenters. The Morgan fingerprint density at radius 1 is 1.16 bits per heavy atom. The summed E-state index contributed by atoms with van der Waals surface area (Å²) in [4.78, 5) is 0. The lowest BCUT2D eigenvalue weighted by Gasteiger charge is -2.16. The van der Waals surface area contributed by atoms with E-state index < -0.39 is 0 Å². The van der Waals surface area contributed by atoms with Crippen LogP contribution in [0, 0.1) is 5.41 Å². The zero-order valence-corrected chi connectivity index (χ0v) is 14.1. The summed E-state index contributed by atoms with van der Waals surface area (Å²) in [7, 11) is 3.93. The molecule has 0 spiro atoms. The van der Waals surface area contributed by atoms with Crippen LogP contribution in [-0.2, 0) is 6.42 Å². The van der Waals surface area contributed by atoms with Crippen LogP contribution >= 0.6 is 21.6 Å². The topological polar surface area (TPSA) is 20.2 Å². The van der Waals surface area contributed by atoms with Crippen molar-refractivity contribution in [1.82, 2.24) is 0 Å². The normalized spacial score (nSPS) is 11.6. The van der Waals surface area contributed by atoms with Crippen LogP contribution in [0.15, 0.2) is 24.3 Å². The maximum Gasteiger partial charge on any atom is 0.320 e. The van der Waals surface area contributed by atoms with Crippen LogP contribution in [0.3, 0.4) is 0 Å². The third-order valence-corrected chi connectivity index (χ3v) is 5.33. The molecule has 19 heavy (non-hydrogen) atoms. The Morgan fingerprint density at radius 3 is 2.47 bits per heavy atom. The highest BCUT2D eigenvalue weighted by Gasteiger charge is 2.09. The molecule has 1 aromatic carbocycles. The second kappa shape index (κ2) is 8.28. The van der Waals surface area contributed by atoms with Gasteiger partial charge in [-0.1, -0.05) is 73.4 Å². The zero-order chi connectivity index (χ0) is 14.3. The van der Waals surface area contributed by atoms with E-state index in [0.717, 1.165) is 17.6 Å². The summed E-state index contributed by atoms with van der Waals surface area (Å²) in [5.74, 6) is 2.36. The Morgan fingerprint density at radius 2 is 1.84 bits per heavy atom. The third kappa shape index (κ3) is 7.96. The molecule has 1 N–H and O–H groups in total. The molecule has 0 heterocycles. The fourth-order valence-corrected chi connectivity index (χ4v) is 4.09. The molecule has 0 saturated carbocycles. The summed E-state index contributed by atoms with van der Waals surface area (Å²) in [5.41, 5.74) is 2.78. The van der Waals surface area contributed by atoms with Gasteiger partial charge in [-0.05, 0) is 29.3 Å². The van der Waals surface area contributed by atoms with Gasteiger partial charge >= 0.3 is 6.92 Å². The van der Waals surface area contributed by atoms with Crippen LogP contribution in [0.1, 0.15) is 32.8 Å². The lowest BCUT2D eigenvalue weighted by atomic mass is 9.64. The van der Waals surface area contributed by atoms with Gasteiger partial charge in [-0.3, -0.25) is 0 Å². The summed E-state index contributed by atoms with van der Waals surface area (Å²) >= 11 is 0. The van der Waals surface area contributed by atoms with Crippen molar-refractivity contribution in [2.45, 2.75) is 40.4 Å². The molecule has 0 amide bonds. The quantitative estimate of drug-likeness (QED) is 0.468. The first-order valence-corrected chi connectivity index (χ1v) is 9.38. The van der Waals surface area contributed by atoms with E-state index in [2.05, 4.69) is 32.9 Å². The number of benzene rings is 1. The average Bonchev–Trinajstić information content (AvgIpc) is 2.32. The minimum atomic E-state index is -0.367. The predicted molar refractivity (Wildman–Crippen MR) is 92.6 cm³/mol. The standard InChI is InChI=1S/C15H25BOS2/c1-15(2,3)9-11-19-18-10-8-13-6-5-7-14(12-13)16(4)17/h5-7,12,17H,8-11H2,1-4H3. The van der Waals surface area contributed by atoms with E-state index in [1.165, 1.54) is 17.7 Å². The Kier molecular flexibility index (Phi) is 7.41. The van der Waals surface area contributed by atoms with Crippen molar-refractivity contribution in [2.75, 3.05) is 11.5 Å². The van der Waals surface area contributed by atoms with E-state index in [0.29, 0.717) is 5.41 Å². The van der Waals surface area contributed by atoms with Gasteiger partial charge in [0.05, 0.1) is 0 Å². The van der Waals surface area contributed by atoms with Gasteiger partial charge in [-0.15, -0.1) is 0 Å². The summed E-state index contributed by atoms with van der Waals surface area (Å²) in [6.07, 6.45) is 2.34. The van der Waals surface area contributed by atoms with Gasteiger partial charge in [0, 0.05) is 11.5 Å². The van der Waals surface area contributed by atoms with Crippen molar-refractivity contribution in [3.8, 4) is 0 Å².